The highest BCUT2D eigenvalue weighted by Crippen LogP contribution is 2.30. The average Bonchev–Trinajstić information content (AvgIpc) is 2.64. The number of anilines is 1. The Hall–Kier alpha value is -2.03. The Bertz CT molecular complexity index is 878. The molecule has 0 aliphatic heterocycles. The minimum atomic E-state index is -0.396. The molecule has 1 aromatic heterocycles. The van der Waals surface area contributed by atoms with Gasteiger partial charge in [0.05, 0.1) is 21.5 Å². The van der Waals surface area contributed by atoms with E-state index in [4.69, 9.17) is 16.6 Å². The fraction of sp³-hybridized carbons (Fsp3) is 0.381. The summed E-state index contributed by atoms with van der Waals surface area (Å²) in [5.41, 5.74) is 3.40. The van der Waals surface area contributed by atoms with Crippen LogP contribution in [0.2, 0.25) is 5.02 Å². The van der Waals surface area contributed by atoms with Crippen LogP contribution in [0.4, 0.5) is 5.69 Å². The molecule has 6 heteroatoms. The van der Waals surface area contributed by atoms with Crippen molar-refractivity contribution in [2.75, 3.05) is 5.32 Å². The summed E-state index contributed by atoms with van der Waals surface area (Å²) in [4.78, 5) is 17.3. The van der Waals surface area contributed by atoms with Gasteiger partial charge in [-0.1, -0.05) is 48.3 Å². The molecule has 0 radical (unpaired) electrons. The summed E-state index contributed by atoms with van der Waals surface area (Å²) in [5.74, 6) is -0.162. The molecule has 3 rings (SSSR count). The maximum absolute atomic E-state index is 12.6. The zero-order valence-electron chi connectivity index (χ0n) is 15.3. The third-order valence-electron chi connectivity index (χ3n) is 4.68. The largest absolute Gasteiger partial charge is 0.324 e. The summed E-state index contributed by atoms with van der Waals surface area (Å²) in [7, 11) is 0. The summed E-state index contributed by atoms with van der Waals surface area (Å²) in [6.07, 6.45) is 6.64. The lowest BCUT2D eigenvalue weighted by atomic mass is 9.96. The van der Waals surface area contributed by atoms with Gasteiger partial charge in [-0.25, -0.2) is 4.98 Å². The molecule has 0 bridgehead atoms. The molecule has 1 atom stereocenters. The fourth-order valence-corrected chi connectivity index (χ4v) is 4.23. The van der Waals surface area contributed by atoms with Crippen molar-refractivity contribution in [3.8, 4) is 6.07 Å². The van der Waals surface area contributed by atoms with Crippen LogP contribution in [0, 0.1) is 11.3 Å². The third kappa shape index (κ3) is 5.03. The SMILES string of the molecule is CC(Sc1nc2c(cc1C#N)CCCCCC2)C(=O)Nc1ccccc1Cl. The second kappa shape index (κ2) is 9.25. The maximum atomic E-state index is 12.6. The number of carbonyl (C=O) groups excluding carboxylic acids is 1. The first-order chi connectivity index (χ1) is 13.1. The molecule has 0 spiro atoms. The van der Waals surface area contributed by atoms with Gasteiger partial charge in [-0.2, -0.15) is 5.26 Å². The van der Waals surface area contributed by atoms with Gasteiger partial charge in [-0.3, -0.25) is 4.79 Å². The van der Waals surface area contributed by atoms with E-state index in [1.165, 1.54) is 30.2 Å². The number of hydrogen-bond acceptors (Lipinski definition) is 4. The first-order valence-corrected chi connectivity index (χ1v) is 10.5. The van der Waals surface area contributed by atoms with Crippen molar-refractivity contribution >= 4 is 35.0 Å². The van der Waals surface area contributed by atoms with E-state index in [-0.39, 0.29) is 5.91 Å². The zero-order valence-corrected chi connectivity index (χ0v) is 16.9. The van der Waals surface area contributed by atoms with E-state index >= 15 is 0 Å². The molecule has 4 nitrogen and oxygen atoms in total. The molecule has 1 amide bonds. The second-order valence-corrected chi connectivity index (χ2v) is 8.44. The number of nitriles is 1. The number of carbonyl (C=O) groups is 1. The van der Waals surface area contributed by atoms with E-state index in [9.17, 15) is 10.1 Å². The Labute approximate surface area is 169 Å². The maximum Gasteiger partial charge on any atom is 0.237 e. The molecule has 1 aliphatic rings. The number of para-hydroxylation sites is 1. The molecular weight excluding hydrogens is 378 g/mol. The van der Waals surface area contributed by atoms with E-state index in [0.717, 1.165) is 31.4 Å². The van der Waals surface area contributed by atoms with Crippen molar-refractivity contribution in [3.63, 3.8) is 0 Å². The second-order valence-electron chi connectivity index (χ2n) is 6.70. The molecule has 0 saturated heterocycles. The first kappa shape index (κ1) is 19.7. The molecule has 0 fully saturated rings. The van der Waals surface area contributed by atoms with Gasteiger partial charge in [0.15, 0.2) is 0 Å². The van der Waals surface area contributed by atoms with Gasteiger partial charge >= 0.3 is 0 Å². The summed E-state index contributed by atoms with van der Waals surface area (Å²) in [5, 5.41) is 13.1. The van der Waals surface area contributed by atoms with Gasteiger partial charge < -0.3 is 5.32 Å². The van der Waals surface area contributed by atoms with Gasteiger partial charge in [-0.05, 0) is 56.4 Å². The first-order valence-electron chi connectivity index (χ1n) is 9.23. The Morgan fingerprint density at radius 3 is 2.74 bits per heavy atom. The van der Waals surface area contributed by atoms with Crippen LogP contribution in [0.5, 0.6) is 0 Å². The number of halogens is 1. The van der Waals surface area contributed by atoms with Crippen molar-refractivity contribution in [1.29, 1.82) is 5.26 Å². The van der Waals surface area contributed by atoms with Gasteiger partial charge in [0.25, 0.3) is 0 Å². The Morgan fingerprint density at radius 1 is 1.26 bits per heavy atom. The molecule has 1 aliphatic carbocycles. The number of pyridine rings is 1. The standard InChI is InChI=1S/C21H22ClN3OS/c1-14(20(26)24-19-11-7-6-9-17(19)22)27-21-16(13-23)12-15-8-4-2-3-5-10-18(15)25-21/h6-7,9,11-12,14H,2-5,8,10H2,1H3,(H,24,26). The topological polar surface area (TPSA) is 65.8 Å². The van der Waals surface area contributed by atoms with Crippen LogP contribution in [-0.4, -0.2) is 16.1 Å². The molecule has 27 heavy (non-hydrogen) atoms. The quantitative estimate of drug-likeness (QED) is 0.700. The van der Waals surface area contributed by atoms with Crippen molar-refractivity contribution in [2.45, 2.75) is 55.7 Å². The Balaban J connectivity index is 1.77. The highest BCUT2D eigenvalue weighted by atomic mass is 35.5. The average molecular weight is 400 g/mol. The minimum absolute atomic E-state index is 0.162. The number of aromatic nitrogens is 1. The number of nitrogens with one attached hydrogen (secondary N) is 1. The molecule has 1 aromatic carbocycles. The molecule has 2 aromatic rings. The predicted molar refractivity (Wildman–Crippen MR) is 110 cm³/mol. The molecule has 1 N–H and O–H groups in total. The van der Waals surface area contributed by atoms with Gasteiger partial charge in [0.2, 0.25) is 5.91 Å². The normalized spacial score (nSPS) is 15.0. The number of nitrogens with zero attached hydrogens (tertiary/aromatic N) is 2. The van der Waals surface area contributed by atoms with Crippen molar-refractivity contribution in [1.82, 2.24) is 4.98 Å². The van der Waals surface area contributed by atoms with Crippen LogP contribution in [0.1, 0.15) is 49.4 Å². The summed E-state index contributed by atoms with van der Waals surface area (Å²) >= 11 is 7.44. The van der Waals surface area contributed by atoms with Crippen LogP contribution < -0.4 is 5.32 Å². The minimum Gasteiger partial charge on any atom is -0.324 e. The number of hydrogen-bond donors (Lipinski definition) is 1. The fourth-order valence-electron chi connectivity index (χ4n) is 3.16. The Kier molecular flexibility index (Phi) is 6.76. The van der Waals surface area contributed by atoms with E-state index in [0.29, 0.717) is 21.3 Å². The van der Waals surface area contributed by atoms with E-state index < -0.39 is 5.25 Å². The smallest absolute Gasteiger partial charge is 0.237 e. The number of fused-ring (bicyclic) bond motifs is 1. The lowest BCUT2D eigenvalue weighted by Gasteiger charge is -2.17. The number of benzene rings is 1. The van der Waals surface area contributed by atoms with Crippen LogP contribution >= 0.6 is 23.4 Å². The van der Waals surface area contributed by atoms with Crippen molar-refractivity contribution in [2.24, 2.45) is 0 Å². The molecule has 1 heterocycles. The lowest BCUT2D eigenvalue weighted by Crippen LogP contribution is -2.23. The molecule has 0 saturated carbocycles. The van der Waals surface area contributed by atoms with Crippen LogP contribution in [0.25, 0.3) is 0 Å². The highest BCUT2D eigenvalue weighted by molar-refractivity contribution is 8.00. The number of rotatable bonds is 4. The number of amides is 1. The number of aryl methyl sites for hydroxylation is 2. The van der Waals surface area contributed by atoms with Gasteiger partial charge in [0.1, 0.15) is 11.1 Å². The number of thioether (sulfide) groups is 1. The summed E-state index contributed by atoms with van der Waals surface area (Å²) in [6, 6.07) is 11.4. The van der Waals surface area contributed by atoms with Crippen LogP contribution in [0.15, 0.2) is 35.4 Å². The summed E-state index contributed by atoms with van der Waals surface area (Å²) < 4.78 is 0. The molecular formula is C21H22ClN3OS. The molecule has 1 unspecified atom stereocenters. The van der Waals surface area contributed by atoms with Crippen LogP contribution in [0.3, 0.4) is 0 Å². The van der Waals surface area contributed by atoms with Crippen molar-refractivity contribution < 1.29 is 4.79 Å². The third-order valence-corrected chi connectivity index (χ3v) is 6.11. The highest BCUT2D eigenvalue weighted by Gasteiger charge is 2.20. The van der Waals surface area contributed by atoms with E-state index in [2.05, 4.69) is 11.4 Å². The monoisotopic (exact) mass is 399 g/mol. The van der Waals surface area contributed by atoms with Crippen molar-refractivity contribution in [3.05, 3.63) is 52.2 Å². The van der Waals surface area contributed by atoms with E-state index in [1.54, 1.807) is 12.1 Å². The predicted octanol–water partition coefficient (Wildman–Crippen LogP) is 5.38. The Morgan fingerprint density at radius 2 is 2.00 bits per heavy atom. The molecule has 140 valence electrons. The zero-order chi connectivity index (χ0) is 19.2. The van der Waals surface area contributed by atoms with Gasteiger partial charge in [-0.15, -0.1) is 0 Å². The lowest BCUT2D eigenvalue weighted by molar-refractivity contribution is -0.115. The summed E-state index contributed by atoms with van der Waals surface area (Å²) in [6.45, 7) is 1.82. The van der Waals surface area contributed by atoms with E-state index in [1.807, 2.05) is 25.1 Å². The van der Waals surface area contributed by atoms with Crippen LogP contribution in [-0.2, 0) is 17.6 Å². The van der Waals surface area contributed by atoms with Gasteiger partial charge in [0, 0.05) is 5.69 Å².